The molecule has 3 aromatic rings. The van der Waals surface area contributed by atoms with E-state index in [1.54, 1.807) is 44.2 Å². The minimum Gasteiger partial charge on any atom is -0.343 e. The summed E-state index contributed by atoms with van der Waals surface area (Å²) in [6.07, 6.45) is 3.61. The van der Waals surface area contributed by atoms with E-state index in [1.165, 1.54) is 4.90 Å². The summed E-state index contributed by atoms with van der Waals surface area (Å²) < 4.78 is 3.40. The second-order valence-electron chi connectivity index (χ2n) is 6.49. The van der Waals surface area contributed by atoms with E-state index in [2.05, 4.69) is 15.5 Å². The highest BCUT2D eigenvalue weighted by atomic mass is 16.2. The van der Waals surface area contributed by atoms with Gasteiger partial charge in [-0.3, -0.25) is 19.0 Å². The van der Waals surface area contributed by atoms with E-state index in [-0.39, 0.29) is 17.5 Å². The highest BCUT2D eigenvalue weighted by Crippen LogP contribution is 2.21. The van der Waals surface area contributed by atoms with Gasteiger partial charge in [-0.15, -0.1) is 0 Å². The van der Waals surface area contributed by atoms with Gasteiger partial charge < -0.3 is 10.2 Å². The molecule has 27 heavy (non-hydrogen) atoms. The van der Waals surface area contributed by atoms with Crippen LogP contribution in [0.4, 0.5) is 5.69 Å². The van der Waals surface area contributed by atoms with Crippen molar-refractivity contribution in [3.63, 3.8) is 0 Å². The van der Waals surface area contributed by atoms with Crippen LogP contribution in [0.25, 0.3) is 0 Å². The maximum absolute atomic E-state index is 12.7. The number of anilines is 1. The molecule has 0 saturated heterocycles. The second-order valence-corrected chi connectivity index (χ2v) is 6.49. The van der Waals surface area contributed by atoms with Gasteiger partial charge in [-0.2, -0.15) is 10.2 Å². The fraction of sp³-hybridized carbons (Fsp3) is 0.263. The van der Waals surface area contributed by atoms with Crippen molar-refractivity contribution in [3.8, 4) is 0 Å². The number of nitrogens with one attached hydrogen (secondary N) is 1. The lowest BCUT2D eigenvalue weighted by molar-refractivity contribution is 0.0822. The van der Waals surface area contributed by atoms with Gasteiger partial charge in [0.25, 0.3) is 11.8 Å². The number of amides is 2. The Labute approximate surface area is 157 Å². The highest BCUT2D eigenvalue weighted by Gasteiger charge is 2.23. The van der Waals surface area contributed by atoms with Crippen molar-refractivity contribution in [2.45, 2.75) is 13.5 Å². The summed E-state index contributed by atoms with van der Waals surface area (Å²) in [6.45, 7) is 2.44. The fourth-order valence-corrected chi connectivity index (χ4v) is 2.65. The Bertz CT molecular complexity index is 955. The van der Waals surface area contributed by atoms with Crippen molar-refractivity contribution in [1.82, 2.24) is 24.5 Å². The lowest BCUT2D eigenvalue weighted by atomic mass is 10.1. The average molecular weight is 366 g/mol. The van der Waals surface area contributed by atoms with E-state index in [4.69, 9.17) is 0 Å². The number of aromatic nitrogens is 4. The number of aryl methyl sites for hydroxylation is 1. The van der Waals surface area contributed by atoms with Crippen molar-refractivity contribution in [3.05, 3.63) is 65.2 Å². The van der Waals surface area contributed by atoms with Crippen molar-refractivity contribution < 1.29 is 9.59 Å². The molecule has 0 unspecified atom stereocenters. The molecule has 0 radical (unpaired) electrons. The third kappa shape index (κ3) is 3.89. The Morgan fingerprint density at radius 1 is 1.19 bits per heavy atom. The van der Waals surface area contributed by atoms with Crippen LogP contribution in [-0.2, 0) is 13.6 Å². The van der Waals surface area contributed by atoms with E-state index in [9.17, 15) is 9.59 Å². The summed E-state index contributed by atoms with van der Waals surface area (Å²) in [6, 6.07) is 9.16. The number of nitrogens with zero attached hydrogens (tertiary/aromatic N) is 5. The third-order valence-electron chi connectivity index (χ3n) is 4.30. The van der Waals surface area contributed by atoms with Crippen LogP contribution in [0, 0.1) is 6.92 Å². The van der Waals surface area contributed by atoms with Gasteiger partial charge in [0.2, 0.25) is 0 Å². The molecule has 0 fully saturated rings. The summed E-state index contributed by atoms with van der Waals surface area (Å²) in [7, 11) is 5.04. The number of carbonyl (C=O) groups is 2. The largest absolute Gasteiger partial charge is 0.343 e. The van der Waals surface area contributed by atoms with Crippen molar-refractivity contribution in [1.29, 1.82) is 0 Å². The molecule has 2 aromatic heterocycles. The van der Waals surface area contributed by atoms with Crippen molar-refractivity contribution in [2.24, 2.45) is 7.05 Å². The molecule has 140 valence electrons. The third-order valence-corrected chi connectivity index (χ3v) is 4.30. The van der Waals surface area contributed by atoms with E-state index in [0.717, 1.165) is 5.56 Å². The molecule has 0 saturated carbocycles. The molecule has 1 aromatic carbocycles. The maximum atomic E-state index is 12.7. The van der Waals surface area contributed by atoms with Gasteiger partial charge in [0.1, 0.15) is 0 Å². The first kappa shape index (κ1) is 18.4. The van der Waals surface area contributed by atoms with E-state index >= 15 is 0 Å². The summed E-state index contributed by atoms with van der Waals surface area (Å²) in [4.78, 5) is 26.4. The van der Waals surface area contributed by atoms with Crippen LogP contribution in [0.2, 0.25) is 0 Å². The van der Waals surface area contributed by atoms with Crippen LogP contribution in [0.15, 0.2) is 42.7 Å². The van der Waals surface area contributed by atoms with E-state index in [1.807, 2.05) is 36.0 Å². The van der Waals surface area contributed by atoms with Crippen molar-refractivity contribution in [2.75, 3.05) is 19.4 Å². The van der Waals surface area contributed by atoms with Crippen molar-refractivity contribution >= 4 is 17.5 Å². The van der Waals surface area contributed by atoms with Crippen LogP contribution in [0.5, 0.6) is 0 Å². The summed E-state index contributed by atoms with van der Waals surface area (Å²) in [5.74, 6) is -0.548. The Hall–Kier alpha value is -3.42. The molecule has 0 aliphatic heterocycles. The topological polar surface area (TPSA) is 85.1 Å². The number of carbonyl (C=O) groups excluding carboxylic acids is 2. The normalized spacial score (nSPS) is 10.7. The van der Waals surface area contributed by atoms with Crippen LogP contribution >= 0.6 is 0 Å². The van der Waals surface area contributed by atoms with Crippen LogP contribution < -0.4 is 5.32 Å². The van der Waals surface area contributed by atoms with Gasteiger partial charge in [-0.25, -0.2) is 0 Å². The summed E-state index contributed by atoms with van der Waals surface area (Å²) >= 11 is 0. The predicted octanol–water partition coefficient (Wildman–Crippen LogP) is 1.93. The van der Waals surface area contributed by atoms with Gasteiger partial charge in [-0.1, -0.05) is 12.1 Å². The lowest BCUT2D eigenvalue weighted by Crippen LogP contribution is -2.24. The Morgan fingerprint density at radius 2 is 1.89 bits per heavy atom. The molecular weight excluding hydrogens is 344 g/mol. The zero-order valence-electron chi connectivity index (χ0n) is 15.8. The van der Waals surface area contributed by atoms with Crippen LogP contribution in [0.3, 0.4) is 0 Å². The molecular formula is C19H22N6O2. The van der Waals surface area contributed by atoms with E-state index < -0.39 is 0 Å². The number of rotatable bonds is 5. The molecule has 8 nitrogen and oxygen atoms in total. The van der Waals surface area contributed by atoms with Gasteiger partial charge in [0.05, 0.1) is 17.9 Å². The maximum Gasteiger partial charge on any atom is 0.276 e. The second kappa shape index (κ2) is 7.45. The zero-order valence-corrected chi connectivity index (χ0v) is 15.8. The standard InChI is InChI=1S/C19H22N6O2/c1-13-16(17(22-24(13)4)19(27)23(2)3)21-18(26)15-8-6-14(7-9-15)12-25-11-5-10-20-25/h5-11H,12H2,1-4H3,(H,21,26). The first-order chi connectivity index (χ1) is 12.9. The molecule has 0 aliphatic carbocycles. The molecule has 1 N–H and O–H groups in total. The minimum absolute atomic E-state index is 0.226. The Morgan fingerprint density at radius 3 is 2.48 bits per heavy atom. The lowest BCUT2D eigenvalue weighted by Gasteiger charge is -2.11. The van der Waals surface area contributed by atoms with Gasteiger partial charge >= 0.3 is 0 Å². The molecule has 3 rings (SSSR count). The zero-order chi connectivity index (χ0) is 19.6. The summed E-state index contributed by atoms with van der Waals surface area (Å²) in [5.41, 5.74) is 2.91. The fourth-order valence-electron chi connectivity index (χ4n) is 2.65. The average Bonchev–Trinajstić information content (AvgIpc) is 3.25. The van der Waals surface area contributed by atoms with Gasteiger partial charge in [0.15, 0.2) is 5.69 Å². The number of benzene rings is 1. The van der Waals surface area contributed by atoms with E-state index in [0.29, 0.717) is 23.5 Å². The Kier molecular flexibility index (Phi) is 5.07. The molecule has 0 aliphatic rings. The van der Waals surface area contributed by atoms with Gasteiger partial charge in [-0.05, 0) is 30.7 Å². The summed E-state index contributed by atoms with van der Waals surface area (Å²) in [5, 5.41) is 11.2. The van der Waals surface area contributed by atoms with Gasteiger partial charge in [0, 0.05) is 39.1 Å². The molecule has 2 amide bonds. The quantitative estimate of drug-likeness (QED) is 0.748. The smallest absolute Gasteiger partial charge is 0.276 e. The molecule has 0 spiro atoms. The number of hydrogen-bond acceptors (Lipinski definition) is 4. The molecule has 0 atom stereocenters. The monoisotopic (exact) mass is 366 g/mol. The van der Waals surface area contributed by atoms with Crippen LogP contribution in [0.1, 0.15) is 32.1 Å². The first-order valence-corrected chi connectivity index (χ1v) is 8.49. The number of hydrogen-bond donors (Lipinski definition) is 1. The highest BCUT2D eigenvalue weighted by molar-refractivity contribution is 6.08. The SMILES string of the molecule is Cc1c(NC(=O)c2ccc(Cn3cccn3)cc2)c(C(=O)N(C)C)nn1C. The van der Waals surface area contributed by atoms with Crippen LogP contribution in [-0.4, -0.2) is 50.4 Å². The molecule has 0 bridgehead atoms. The Balaban J connectivity index is 1.78. The molecule has 2 heterocycles. The molecule has 8 heteroatoms. The first-order valence-electron chi connectivity index (χ1n) is 8.49. The predicted molar refractivity (Wildman–Crippen MR) is 102 cm³/mol. The minimum atomic E-state index is -0.287.